The van der Waals surface area contributed by atoms with E-state index in [1.807, 2.05) is 36.4 Å². The van der Waals surface area contributed by atoms with Gasteiger partial charge < -0.3 is 20.5 Å². The normalized spacial score (nSPS) is 12.8. The number of alkyl halides is 3. The van der Waals surface area contributed by atoms with Gasteiger partial charge in [-0.1, -0.05) is 60.7 Å². The van der Waals surface area contributed by atoms with Crippen molar-refractivity contribution >= 4 is 18.3 Å². The lowest BCUT2D eigenvalue weighted by atomic mass is 10.0. The van der Waals surface area contributed by atoms with Gasteiger partial charge >= 0.3 is 6.36 Å². The topological polar surface area (TPSA) is 70.6 Å². The number of nitrogens with one attached hydrogen (secondary N) is 2. The molecule has 0 bridgehead atoms. The fourth-order valence-electron chi connectivity index (χ4n) is 3.35. The summed E-state index contributed by atoms with van der Waals surface area (Å²) in [6.45, 7) is 0.341. The average molecular weight is 495 g/mol. The van der Waals surface area contributed by atoms with E-state index in [9.17, 15) is 23.1 Å². The van der Waals surface area contributed by atoms with Crippen LogP contribution in [-0.2, 0) is 13.0 Å². The van der Waals surface area contributed by atoms with Crippen molar-refractivity contribution in [3.8, 4) is 5.75 Å². The number of rotatable bonds is 10. The highest BCUT2D eigenvalue weighted by atomic mass is 35.5. The molecule has 0 aliphatic rings. The second kappa shape index (κ2) is 13.0. The average Bonchev–Trinajstić information content (AvgIpc) is 2.79. The van der Waals surface area contributed by atoms with Gasteiger partial charge in [-0.05, 0) is 41.8 Å². The van der Waals surface area contributed by atoms with Gasteiger partial charge in [0.1, 0.15) is 5.75 Å². The van der Waals surface area contributed by atoms with Crippen LogP contribution in [0.4, 0.5) is 13.2 Å². The molecule has 2 atom stereocenters. The first-order valence-corrected chi connectivity index (χ1v) is 10.4. The van der Waals surface area contributed by atoms with Crippen LogP contribution < -0.4 is 15.4 Å². The number of aliphatic hydroxyl groups is 1. The first-order valence-electron chi connectivity index (χ1n) is 10.4. The lowest BCUT2D eigenvalue weighted by Gasteiger charge is -2.25. The first kappa shape index (κ1) is 27.2. The van der Waals surface area contributed by atoms with Crippen LogP contribution in [0.25, 0.3) is 0 Å². The van der Waals surface area contributed by atoms with Gasteiger partial charge in [0.2, 0.25) is 0 Å². The number of ether oxygens (including phenoxy) is 1. The van der Waals surface area contributed by atoms with E-state index >= 15 is 0 Å². The van der Waals surface area contributed by atoms with Crippen molar-refractivity contribution in [2.45, 2.75) is 31.5 Å². The zero-order valence-electron chi connectivity index (χ0n) is 18.2. The molecule has 1 amide bonds. The zero-order chi connectivity index (χ0) is 23.7. The summed E-state index contributed by atoms with van der Waals surface area (Å²) in [4.78, 5) is 12.6. The van der Waals surface area contributed by atoms with E-state index in [-0.39, 0.29) is 37.2 Å². The number of hydrogen-bond acceptors (Lipinski definition) is 4. The van der Waals surface area contributed by atoms with Gasteiger partial charge in [-0.3, -0.25) is 4.79 Å². The molecule has 0 spiro atoms. The van der Waals surface area contributed by atoms with Crippen LogP contribution in [0.5, 0.6) is 5.75 Å². The third-order valence-electron chi connectivity index (χ3n) is 4.93. The summed E-state index contributed by atoms with van der Waals surface area (Å²) in [7, 11) is 0. The number of amides is 1. The molecule has 3 aromatic carbocycles. The highest BCUT2D eigenvalue weighted by molar-refractivity contribution is 5.94. The van der Waals surface area contributed by atoms with Crippen molar-refractivity contribution in [1.82, 2.24) is 10.6 Å². The molecule has 34 heavy (non-hydrogen) atoms. The van der Waals surface area contributed by atoms with Crippen LogP contribution in [0.15, 0.2) is 84.9 Å². The molecule has 0 saturated carbocycles. The molecule has 0 unspecified atom stereocenters. The molecule has 3 rings (SSSR count). The van der Waals surface area contributed by atoms with Gasteiger partial charge in [0.15, 0.2) is 0 Å². The number of benzene rings is 3. The van der Waals surface area contributed by atoms with Crippen molar-refractivity contribution < 1.29 is 27.8 Å². The maximum atomic E-state index is 12.6. The molecular formula is C25H26ClF3N2O3. The summed E-state index contributed by atoms with van der Waals surface area (Å²) in [5.41, 5.74) is 2.00. The van der Waals surface area contributed by atoms with Crippen LogP contribution in [0.1, 0.15) is 21.5 Å². The van der Waals surface area contributed by atoms with E-state index in [1.165, 1.54) is 18.2 Å². The maximum Gasteiger partial charge on any atom is 0.573 e. The van der Waals surface area contributed by atoms with Gasteiger partial charge in [0.25, 0.3) is 5.91 Å². The molecule has 0 aromatic heterocycles. The van der Waals surface area contributed by atoms with Crippen LogP contribution in [0.2, 0.25) is 0 Å². The Kier molecular flexibility index (Phi) is 10.4. The highest BCUT2D eigenvalue weighted by Gasteiger charge is 2.31. The van der Waals surface area contributed by atoms with E-state index in [2.05, 4.69) is 15.4 Å². The third kappa shape index (κ3) is 9.05. The summed E-state index contributed by atoms with van der Waals surface area (Å²) in [6.07, 6.45) is -5.28. The molecule has 0 heterocycles. The van der Waals surface area contributed by atoms with Crippen LogP contribution in [0, 0.1) is 0 Å². The third-order valence-corrected chi connectivity index (χ3v) is 4.93. The summed E-state index contributed by atoms with van der Waals surface area (Å²) >= 11 is 0. The van der Waals surface area contributed by atoms with Gasteiger partial charge in [0, 0.05) is 18.7 Å². The molecule has 0 aliphatic carbocycles. The van der Waals surface area contributed by atoms with Gasteiger partial charge in [-0.15, -0.1) is 25.6 Å². The fourth-order valence-corrected chi connectivity index (χ4v) is 3.35. The zero-order valence-corrected chi connectivity index (χ0v) is 19.0. The Balaban J connectivity index is 0.00000408. The van der Waals surface area contributed by atoms with E-state index in [1.54, 1.807) is 30.3 Å². The number of halogens is 4. The Morgan fingerprint density at radius 2 is 1.53 bits per heavy atom. The van der Waals surface area contributed by atoms with E-state index in [4.69, 9.17) is 0 Å². The Morgan fingerprint density at radius 1 is 0.912 bits per heavy atom. The quantitative estimate of drug-likeness (QED) is 0.388. The lowest BCUT2D eigenvalue weighted by Crippen LogP contribution is -2.48. The highest BCUT2D eigenvalue weighted by Crippen LogP contribution is 2.23. The van der Waals surface area contributed by atoms with E-state index < -0.39 is 18.5 Å². The van der Waals surface area contributed by atoms with Gasteiger partial charge in [0.05, 0.1) is 12.1 Å². The molecule has 9 heteroatoms. The minimum atomic E-state index is -4.76. The second-order valence-corrected chi connectivity index (χ2v) is 7.53. The molecule has 3 N–H and O–H groups in total. The smallest absolute Gasteiger partial charge is 0.406 e. The molecule has 0 fully saturated rings. The number of aliphatic hydroxyl groups excluding tert-OH is 1. The molecule has 0 saturated heterocycles. The Hall–Kier alpha value is -3.07. The monoisotopic (exact) mass is 494 g/mol. The summed E-state index contributed by atoms with van der Waals surface area (Å²) in [5.74, 6) is -0.605. The van der Waals surface area contributed by atoms with Gasteiger partial charge in [-0.2, -0.15) is 0 Å². The number of carbonyl (C=O) groups excluding carboxylic acids is 1. The van der Waals surface area contributed by atoms with Crippen molar-refractivity contribution in [2.24, 2.45) is 0 Å². The van der Waals surface area contributed by atoms with Crippen molar-refractivity contribution in [3.63, 3.8) is 0 Å². The van der Waals surface area contributed by atoms with Crippen LogP contribution in [-0.4, -0.2) is 36.1 Å². The Labute approximate surface area is 202 Å². The van der Waals surface area contributed by atoms with Crippen molar-refractivity contribution in [2.75, 3.05) is 6.54 Å². The number of carbonyl (C=O) groups is 1. The van der Waals surface area contributed by atoms with Crippen molar-refractivity contribution in [3.05, 3.63) is 102 Å². The van der Waals surface area contributed by atoms with Crippen molar-refractivity contribution in [1.29, 1.82) is 0 Å². The molecule has 0 aliphatic heterocycles. The largest absolute Gasteiger partial charge is 0.573 e. The van der Waals surface area contributed by atoms with Crippen LogP contribution >= 0.6 is 12.4 Å². The minimum Gasteiger partial charge on any atom is -0.406 e. The Bertz CT molecular complexity index is 1020. The SMILES string of the molecule is Cl.O=C(N[C@@H](Cc1ccccc1)[C@H](O)CNCc1cccc(OC(F)(F)F)c1)c1ccccc1. The molecule has 0 radical (unpaired) electrons. The van der Waals surface area contributed by atoms with E-state index in [0.717, 1.165) is 5.56 Å². The molecule has 5 nitrogen and oxygen atoms in total. The van der Waals surface area contributed by atoms with Gasteiger partial charge in [-0.25, -0.2) is 0 Å². The second-order valence-electron chi connectivity index (χ2n) is 7.53. The lowest BCUT2D eigenvalue weighted by molar-refractivity contribution is -0.274. The fraction of sp³-hybridized carbons (Fsp3) is 0.240. The number of hydrogen-bond donors (Lipinski definition) is 3. The maximum absolute atomic E-state index is 12.6. The van der Waals surface area contributed by atoms with E-state index in [0.29, 0.717) is 17.5 Å². The predicted octanol–water partition coefficient (Wildman–Crippen LogP) is 4.50. The first-order chi connectivity index (χ1) is 15.8. The summed E-state index contributed by atoms with van der Waals surface area (Å²) in [5, 5.41) is 16.7. The molecule has 3 aromatic rings. The predicted molar refractivity (Wildman–Crippen MR) is 126 cm³/mol. The minimum absolute atomic E-state index is 0. The standard InChI is InChI=1S/C25H25F3N2O3.ClH/c26-25(27,28)33-21-13-7-10-19(14-21)16-29-17-23(31)22(15-18-8-3-1-4-9-18)30-24(32)20-11-5-2-6-12-20;/h1-14,22-23,29,31H,15-17H2,(H,30,32);1H/t22-,23+;/m0./s1. The van der Waals surface area contributed by atoms with Crippen LogP contribution in [0.3, 0.4) is 0 Å². The summed E-state index contributed by atoms with van der Waals surface area (Å²) < 4.78 is 41.2. The molecular weight excluding hydrogens is 469 g/mol. The summed E-state index contributed by atoms with van der Waals surface area (Å²) in [6, 6.07) is 23.2. The molecule has 182 valence electrons. The Morgan fingerprint density at radius 3 is 2.18 bits per heavy atom.